The number of benzene rings is 4. The van der Waals surface area contributed by atoms with Crippen LogP contribution in [0.15, 0.2) is 97.1 Å². The summed E-state index contributed by atoms with van der Waals surface area (Å²) in [5.41, 5.74) is 2.47. The Kier molecular flexibility index (Phi) is 6.84. The minimum Gasteiger partial charge on any atom is -0.489 e. The fraction of sp³-hybridized carbons (Fsp3) is 0.0741. The Bertz CT molecular complexity index is 1280. The van der Waals surface area contributed by atoms with Crippen molar-refractivity contribution in [2.75, 3.05) is 0 Å². The van der Waals surface area contributed by atoms with E-state index in [0.717, 1.165) is 11.3 Å². The van der Waals surface area contributed by atoms with Crippen LogP contribution in [0.2, 0.25) is 0 Å². The number of rotatable bonds is 8. The summed E-state index contributed by atoms with van der Waals surface area (Å²) in [4.78, 5) is 22.8. The van der Waals surface area contributed by atoms with Gasteiger partial charge in [0.1, 0.15) is 29.6 Å². The van der Waals surface area contributed by atoms with Gasteiger partial charge in [-0.25, -0.2) is 4.79 Å². The maximum atomic E-state index is 12.5. The van der Waals surface area contributed by atoms with Crippen LogP contribution < -0.4 is 14.2 Å². The summed E-state index contributed by atoms with van der Waals surface area (Å²) in [6, 6.07) is 27.1. The van der Waals surface area contributed by atoms with Crippen LogP contribution >= 0.6 is 0 Å². The van der Waals surface area contributed by atoms with Crippen molar-refractivity contribution in [1.29, 1.82) is 0 Å². The first-order valence-electron chi connectivity index (χ1n) is 10.5. The minimum absolute atomic E-state index is 0.0252. The van der Waals surface area contributed by atoms with Gasteiger partial charge in [-0.1, -0.05) is 35.9 Å². The number of hydrogen-bond donors (Lipinski definition) is 0. The molecule has 7 nitrogen and oxygen atoms in total. The largest absolute Gasteiger partial charge is 0.489 e. The lowest BCUT2D eigenvalue weighted by molar-refractivity contribution is -0.384. The molecule has 0 spiro atoms. The number of aryl methyl sites for hydroxylation is 1. The number of carbonyl (C=O) groups is 1. The molecule has 0 aliphatic rings. The highest BCUT2D eigenvalue weighted by molar-refractivity contribution is 5.91. The highest BCUT2D eigenvalue weighted by Gasteiger charge is 2.10. The molecule has 0 unspecified atom stereocenters. The normalized spacial score (nSPS) is 10.4. The topological polar surface area (TPSA) is 87.9 Å². The molecule has 0 aromatic heterocycles. The van der Waals surface area contributed by atoms with E-state index in [9.17, 15) is 14.9 Å². The molecule has 0 N–H and O–H groups in total. The van der Waals surface area contributed by atoms with Crippen LogP contribution in [0.4, 0.5) is 5.69 Å². The Morgan fingerprint density at radius 2 is 1.44 bits per heavy atom. The fourth-order valence-corrected chi connectivity index (χ4v) is 3.08. The van der Waals surface area contributed by atoms with Crippen LogP contribution in [-0.4, -0.2) is 10.9 Å². The average Bonchev–Trinajstić information content (AvgIpc) is 2.84. The standard InChI is InChI=1S/C27H21NO6/c1-19-5-13-23(14-6-19)32-18-20-7-9-21(10-8-20)27(29)34-26-4-2-3-25(17-26)33-24-15-11-22(12-16-24)28(30)31/h2-17H,18H2,1H3. The van der Waals surface area contributed by atoms with Gasteiger partial charge in [0.2, 0.25) is 0 Å². The Labute approximate surface area is 196 Å². The summed E-state index contributed by atoms with van der Waals surface area (Å²) in [5, 5.41) is 10.8. The molecule has 0 radical (unpaired) electrons. The van der Waals surface area contributed by atoms with Gasteiger partial charge in [-0.05, 0) is 61.0 Å². The van der Waals surface area contributed by atoms with Crippen molar-refractivity contribution >= 4 is 11.7 Å². The molecule has 4 rings (SSSR count). The smallest absolute Gasteiger partial charge is 0.343 e. The third-order valence-electron chi connectivity index (χ3n) is 4.92. The summed E-state index contributed by atoms with van der Waals surface area (Å²) >= 11 is 0. The number of nitro benzene ring substituents is 1. The summed E-state index contributed by atoms with van der Waals surface area (Å²) in [6.45, 7) is 2.41. The molecule has 0 aliphatic carbocycles. The zero-order valence-electron chi connectivity index (χ0n) is 18.3. The molecule has 7 heteroatoms. The molecule has 0 saturated heterocycles. The minimum atomic E-state index is -0.501. The lowest BCUT2D eigenvalue weighted by atomic mass is 10.1. The highest BCUT2D eigenvalue weighted by atomic mass is 16.6. The quantitative estimate of drug-likeness (QED) is 0.131. The molecular weight excluding hydrogens is 434 g/mol. The van der Waals surface area contributed by atoms with E-state index >= 15 is 0 Å². The van der Waals surface area contributed by atoms with E-state index in [-0.39, 0.29) is 5.69 Å². The molecule has 0 saturated carbocycles. The molecule has 0 aliphatic heterocycles. The molecule has 4 aromatic carbocycles. The Hall–Kier alpha value is -4.65. The van der Waals surface area contributed by atoms with Crippen LogP contribution in [0.3, 0.4) is 0 Å². The Balaban J connectivity index is 1.34. The van der Waals surface area contributed by atoms with Crippen molar-refractivity contribution in [2.24, 2.45) is 0 Å². The second-order valence-corrected chi connectivity index (χ2v) is 7.52. The van der Waals surface area contributed by atoms with Crippen molar-refractivity contribution in [2.45, 2.75) is 13.5 Å². The first-order valence-corrected chi connectivity index (χ1v) is 10.5. The van der Waals surface area contributed by atoms with Crippen LogP contribution in [0.5, 0.6) is 23.0 Å². The van der Waals surface area contributed by atoms with Gasteiger partial charge in [0, 0.05) is 18.2 Å². The molecular formula is C27H21NO6. The SMILES string of the molecule is Cc1ccc(OCc2ccc(C(=O)Oc3cccc(Oc4ccc([N+](=O)[O-])cc4)c3)cc2)cc1. The zero-order chi connectivity index (χ0) is 23.9. The van der Waals surface area contributed by atoms with E-state index in [0.29, 0.717) is 29.4 Å². The van der Waals surface area contributed by atoms with Gasteiger partial charge in [-0.3, -0.25) is 10.1 Å². The highest BCUT2D eigenvalue weighted by Crippen LogP contribution is 2.27. The third kappa shape index (κ3) is 5.98. The monoisotopic (exact) mass is 455 g/mol. The van der Waals surface area contributed by atoms with Gasteiger partial charge < -0.3 is 14.2 Å². The van der Waals surface area contributed by atoms with E-state index in [1.165, 1.54) is 29.8 Å². The van der Waals surface area contributed by atoms with Crippen LogP contribution in [-0.2, 0) is 6.61 Å². The Morgan fingerprint density at radius 1 is 0.794 bits per heavy atom. The molecule has 0 fully saturated rings. The summed E-state index contributed by atoms with van der Waals surface area (Å²) in [6.07, 6.45) is 0. The number of carbonyl (C=O) groups excluding carboxylic acids is 1. The molecule has 4 aromatic rings. The molecule has 0 atom stereocenters. The summed E-state index contributed by atoms with van der Waals surface area (Å²) < 4.78 is 16.9. The Morgan fingerprint density at radius 3 is 2.12 bits per heavy atom. The molecule has 0 heterocycles. The van der Waals surface area contributed by atoms with Gasteiger partial charge >= 0.3 is 5.97 Å². The second kappa shape index (κ2) is 10.3. The number of ether oxygens (including phenoxy) is 3. The van der Waals surface area contributed by atoms with Gasteiger partial charge in [0.25, 0.3) is 5.69 Å². The maximum Gasteiger partial charge on any atom is 0.343 e. The first kappa shape index (κ1) is 22.5. The summed E-state index contributed by atoms with van der Waals surface area (Å²) in [7, 11) is 0. The van der Waals surface area contributed by atoms with Crippen LogP contribution in [0.1, 0.15) is 21.5 Å². The van der Waals surface area contributed by atoms with Gasteiger partial charge in [-0.2, -0.15) is 0 Å². The van der Waals surface area contributed by atoms with Crippen molar-refractivity contribution in [1.82, 2.24) is 0 Å². The van der Waals surface area contributed by atoms with Gasteiger partial charge in [0.15, 0.2) is 0 Å². The molecule has 0 bridgehead atoms. The van der Waals surface area contributed by atoms with Crippen molar-refractivity contribution in [3.8, 4) is 23.0 Å². The van der Waals surface area contributed by atoms with E-state index in [4.69, 9.17) is 14.2 Å². The van der Waals surface area contributed by atoms with Crippen molar-refractivity contribution < 1.29 is 23.9 Å². The van der Waals surface area contributed by atoms with Crippen LogP contribution in [0.25, 0.3) is 0 Å². The van der Waals surface area contributed by atoms with E-state index in [1.54, 1.807) is 36.4 Å². The molecule has 170 valence electrons. The predicted molar refractivity (Wildman–Crippen MR) is 127 cm³/mol. The van der Waals surface area contributed by atoms with Crippen molar-refractivity contribution in [3.63, 3.8) is 0 Å². The number of nitrogens with zero attached hydrogens (tertiary/aromatic N) is 1. The molecule has 34 heavy (non-hydrogen) atoms. The average molecular weight is 455 g/mol. The van der Waals surface area contributed by atoms with Crippen LogP contribution in [0, 0.1) is 17.0 Å². The van der Waals surface area contributed by atoms with E-state index < -0.39 is 10.9 Å². The fourth-order valence-electron chi connectivity index (χ4n) is 3.08. The van der Waals surface area contributed by atoms with Crippen molar-refractivity contribution in [3.05, 3.63) is 124 Å². The lowest BCUT2D eigenvalue weighted by Crippen LogP contribution is -2.08. The first-order chi connectivity index (χ1) is 16.5. The second-order valence-electron chi connectivity index (χ2n) is 7.52. The lowest BCUT2D eigenvalue weighted by Gasteiger charge is -2.09. The zero-order valence-corrected chi connectivity index (χ0v) is 18.3. The number of esters is 1. The van der Waals surface area contributed by atoms with Gasteiger partial charge in [-0.15, -0.1) is 0 Å². The number of non-ortho nitro benzene ring substituents is 1. The van der Waals surface area contributed by atoms with E-state index in [2.05, 4.69) is 0 Å². The number of nitro groups is 1. The van der Waals surface area contributed by atoms with Gasteiger partial charge in [0.05, 0.1) is 10.5 Å². The summed E-state index contributed by atoms with van der Waals surface area (Å²) in [5.74, 6) is 1.46. The third-order valence-corrected chi connectivity index (χ3v) is 4.92. The van der Waals surface area contributed by atoms with E-state index in [1.807, 2.05) is 43.3 Å². The molecule has 0 amide bonds. The predicted octanol–water partition coefficient (Wildman–Crippen LogP) is 6.49. The maximum absolute atomic E-state index is 12.5. The number of hydrogen-bond acceptors (Lipinski definition) is 6.